The Labute approximate surface area is 169 Å². The summed E-state index contributed by atoms with van der Waals surface area (Å²) in [7, 11) is 0. The normalized spacial score (nSPS) is 19.4. The van der Waals surface area contributed by atoms with Gasteiger partial charge in [0.1, 0.15) is 11.9 Å². The maximum Gasteiger partial charge on any atom is 0.434 e. The highest BCUT2D eigenvalue weighted by molar-refractivity contribution is 6.31. The van der Waals surface area contributed by atoms with Crippen molar-refractivity contribution in [2.75, 3.05) is 13.1 Å². The summed E-state index contributed by atoms with van der Waals surface area (Å²) in [4.78, 5) is 30.9. The van der Waals surface area contributed by atoms with Crippen molar-refractivity contribution in [3.05, 3.63) is 44.9 Å². The number of fused-ring (bicyclic) bond motifs is 1. The molecule has 1 amide bonds. The van der Waals surface area contributed by atoms with Crippen molar-refractivity contribution in [2.45, 2.75) is 50.9 Å². The van der Waals surface area contributed by atoms with Gasteiger partial charge in [0, 0.05) is 25.7 Å². The lowest BCUT2D eigenvalue weighted by Gasteiger charge is -2.27. The second-order valence-electron chi connectivity index (χ2n) is 7.34. The summed E-state index contributed by atoms with van der Waals surface area (Å²) in [6, 6.07) is 0.557. The van der Waals surface area contributed by atoms with Crippen molar-refractivity contribution in [3.8, 4) is 0 Å². The quantitative estimate of drug-likeness (QED) is 0.752. The lowest BCUT2D eigenvalue weighted by Crippen LogP contribution is -2.41. The maximum absolute atomic E-state index is 12.9. The zero-order valence-electron chi connectivity index (χ0n) is 15.5. The summed E-state index contributed by atoms with van der Waals surface area (Å²) in [5, 5.41) is 3.78. The van der Waals surface area contributed by atoms with Gasteiger partial charge < -0.3 is 4.90 Å². The molecule has 29 heavy (non-hydrogen) atoms. The van der Waals surface area contributed by atoms with Gasteiger partial charge >= 0.3 is 11.9 Å². The molecule has 2 aromatic heterocycles. The molecule has 11 heteroatoms. The number of aryl methyl sites for hydroxylation is 1. The predicted molar refractivity (Wildman–Crippen MR) is 97.6 cm³/mol. The number of rotatable bonds is 3. The summed E-state index contributed by atoms with van der Waals surface area (Å²) in [5.74, 6) is 0.453. The van der Waals surface area contributed by atoms with Gasteiger partial charge in [-0.05, 0) is 37.3 Å². The second-order valence-corrected chi connectivity index (χ2v) is 7.75. The number of carbonyl (C=O) groups is 1. The van der Waals surface area contributed by atoms with E-state index in [1.165, 1.54) is 4.57 Å². The van der Waals surface area contributed by atoms with Crippen molar-refractivity contribution in [1.29, 1.82) is 0 Å². The van der Waals surface area contributed by atoms with Crippen LogP contribution in [-0.2, 0) is 23.9 Å². The molecule has 0 aliphatic carbocycles. The van der Waals surface area contributed by atoms with Gasteiger partial charge in [0.2, 0.25) is 5.91 Å². The zero-order chi connectivity index (χ0) is 20.8. The minimum absolute atomic E-state index is 0.0654. The third kappa shape index (κ3) is 3.77. The summed E-state index contributed by atoms with van der Waals surface area (Å²) in [6.45, 7) is 1.32. The maximum atomic E-state index is 12.9. The zero-order valence-corrected chi connectivity index (χ0v) is 16.2. The molecule has 0 aromatic carbocycles. The Morgan fingerprint density at radius 1 is 1.24 bits per heavy atom. The van der Waals surface area contributed by atoms with Gasteiger partial charge in [-0.15, -0.1) is 0 Å². The summed E-state index contributed by atoms with van der Waals surface area (Å²) in [5.41, 5.74) is -1.30. The molecule has 2 aromatic rings. The van der Waals surface area contributed by atoms with Crippen molar-refractivity contribution >= 4 is 17.5 Å². The average Bonchev–Trinajstić information content (AvgIpc) is 3.29. The number of aromatic nitrogens is 4. The van der Waals surface area contributed by atoms with Crippen molar-refractivity contribution in [2.24, 2.45) is 0 Å². The molecular weight excluding hydrogens is 411 g/mol. The van der Waals surface area contributed by atoms with E-state index < -0.39 is 28.6 Å². The molecule has 156 valence electrons. The number of nitrogens with zero attached hydrogens (tertiary/aromatic N) is 5. The molecule has 1 fully saturated rings. The molecular formula is C18H19ClF3N5O2. The van der Waals surface area contributed by atoms with Gasteiger partial charge in [-0.1, -0.05) is 11.6 Å². The molecule has 4 heterocycles. The Morgan fingerprint density at radius 2 is 1.97 bits per heavy atom. The predicted octanol–water partition coefficient (Wildman–Crippen LogP) is 2.66. The third-order valence-electron chi connectivity index (χ3n) is 5.33. The fourth-order valence-corrected chi connectivity index (χ4v) is 4.26. The van der Waals surface area contributed by atoms with Gasteiger partial charge in [0.05, 0.1) is 11.6 Å². The smallest absolute Gasteiger partial charge is 0.341 e. The lowest BCUT2D eigenvalue weighted by atomic mass is 10.0. The van der Waals surface area contributed by atoms with Crippen LogP contribution < -0.4 is 5.69 Å². The third-order valence-corrected chi connectivity index (χ3v) is 5.62. The molecule has 0 bridgehead atoms. The van der Waals surface area contributed by atoms with Gasteiger partial charge in [0.25, 0.3) is 0 Å². The monoisotopic (exact) mass is 429 g/mol. The number of pyridine rings is 1. The molecule has 7 nitrogen and oxygen atoms in total. The van der Waals surface area contributed by atoms with Crippen LogP contribution in [-0.4, -0.2) is 43.2 Å². The average molecular weight is 430 g/mol. The Hall–Kier alpha value is -2.36. The second kappa shape index (κ2) is 7.47. The number of amides is 1. The van der Waals surface area contributed by atoms with Crippen LogP contribution in [0.15, 0.2) is 17.1 Å². The standard InChI is InChI=1S/C18H19ClF3N5O2/c19-12-8-11(9-23-15(12)18(20,21)22)10-26-17(29)27-13(4-3-5-14(27)24-26)16(28)25-6-1-2-7-25/h8-9,13H,1-7,10H2/t13-/m0/s1. The van der Waals surface area contributed by atoms with Crippen LogP contribution in [0.3, 0.4) is 0 Å². The Kier molecular flexibility index (Phi) is 5.14. The Bertz CT molecular complexity index is 994. The van der Waals surface area contributed by atoms with E-state index in [0.29, 0.717) is 37.3 Å². The van der Waals surface area contributed by atoms with Gasteiger partial charge in [0.15, 0.2) is 5.69 Å². The van der Waals surface area contributed by atoms with Crippen molar-refractivity contribution < 1.29 is 18.0 Å². The Balaban J connectivity index is 1.62. The van der Waals surface area contributed by atoms with Crippen LogP contribution in [0.5, 0.6) is 0 Å². The number of hydrogen-bond donors (Lipinski definition) is 0. The van der Waals surface area contributed by atoms with E-state index in [4.69, 9.17) is 11.6 Å². The highest BCUT2D eigenvalue weighted by atomic mass is 35.5. The van der Waals surface area contributed by atoms with Crippen molar-refractivity contribution in [3.63, 3.8) is 0 Å². The van der Waals surface area contributed by atoms with Crippen LogP contribution >= 0.6 is 11.6 Å². The van der Waals surface area contributed by atoms with E-state index in [9.17, 15) is 22.8 Å². The van der Waals surface area contributed by atoms with Crippen molar-refractivity contribution in [1.82, 2.24) is 24.2 Å². The molecule has 1 saturated heterocycles. The summed E-state index contributed by atoms with van der Waals surface area (Å²) in [6.07, 6.45) is 0.186. The number of alkyl halides is 3. The number of likely N-dealkylation sites (tertiary alicyclic amines) is 1. The molecule has 0 spiro atoms. The molecule has 2 aliphatic rings. The first-order valence-corrected chi connectivity index (χ1v) is 9.82. The Morgan fingerprint density at radius 3 is 2.62 bits per heavy atom. The van der Waals surface area contributed by atoms with Crippen LogP contribution in [0.4, 0.5) is 13.2 Å². The minimum atomic E-state index is -4.65. The van der Waals surface area contributed by atoms with Gasteiger partial charge in [-0.2, -0.15) is 18.3 Å². The molecule has 2 aliphatic heterocycles. The lowest BCUT2D eigenvalue weighted by molar-refractivity contribution is -0.141. The first-order chi connectivity index (χ1) is 13.8. The van der Waals surface area contributed by atoms with E-state index in [1.54, 1.807) is 4.90 Å². The fraction of sp³-hybridized carbons (Fsp3) is 0.556. The number of halogens is 4. The van der Waals surface area contributed by atoms with Gasteiger partial charge in [-0.3, -0.25) is 9.36 Å². The van der Waals surface area contributed by atoms with Gasteiger partial charge in [-0.25, -0.2) is 14.5 Å². The largest absolute Gasteiger partial charge is 0.434 e. The first-order valence-electron chi connectivity index (χ1n) is 9.44. The minimum Gasteiger partial charge on any atom is -0.341 e. The SMILES string of the molecule is O=C([C@@H]1CCCc2nn(Cc3cnc(C(F)(F)F)c(Cl)c3)c(=O)n21)N1CCCC1. The van der Waals surface area contributed by atoms with E-state index in [-0.39, 0.29) is 12.5 Å². The summed E-state index contributed by atoms with van der Waals surface area (Å²) >= 11 is 5.71. The number of hydrogen-bond acceptors (Lipinski definition) is 4. The topological polar surface area (TPSA) is 73.0 Å². The molecule has 0 saturated carbocycles. The van der Waals surface area contributed by atoms with Crippen LogP contribution in [0.2, 0.25) is 5.02 Å². The molecule has 0 radical (unpaired) electrons. The highest BCUT2D eigenvalue weighted by Crippen LogP contribution is 2.33. The van der Waals surface area contributed by atoms with Crippen LogP contribution in [0.25, 0.3) is 0 Å². The fourth-order valence-electron chi connectivity index (χ4n) is 3.96. The number of carbonyl (C=O) groups excluding carboxylic acids is 1. The molecule has 0 unspecified atom stereocenters. The molecule has 4 rings (SSSR count). The molecule has 0 N–H and O–H groups in total. The van der Waals surface area contributed by atoms with E-state index >= 15 is 0 Å². The van der Waals surface area contributed by atoms with E-state index in [2.05, 4.69) is 10.1 Å². The van der Waals surface area contributed by atoms with Crippen LogP contribution in [0.1, 0.15) is 48.8 Å². The van der Waals surface area contributed by atoms with Crippen LogP contribution in [0, 0.1) is 0 Å². The highest BCUT2D eigenvalue weighted by Gasteiger charge is 2.36. The molecule has 1 atom stereocenters. The van der Waals surface area contributed by atoms with E-state index in [1.807, 2.05) is 0 Å². The first kappa shape index (κ1) is 19.9. The van der Waals surface area contributed by atoms with E-state index in [0.717, 1.165) is 36.2 Å². The summed E-state index contributed by atoms with van der Waals surface area (Å²) < 4.78 is 41.0.